The maximum absolute atomic E-state index is 10.2. The van der Waals surface area contributed by atoms with Crippen LogP contribution in [-0.4, -0.2) is 13.3 Å². The van der Waals surface area contributed by atoms with Gasteiger partial charge in [-0.1, -0.05) is 13.3 Å². The zero-order valence-corrected chi connectivity index (χ0v) is 6.28. The van der Waals surface area contributed by atoms with Gasteiger partial charge in [0.1, 0.15) is 0 Å². The van der Waals surface area contributed by atoms with Gasteiger partial charge >= 0.3 is 0 Å². The molecule has 3 heteroatoms. The number of unbranched alkanes of at least 4 members (excludes halogenated alkanes) is 1. The van der Waals surface area contributed by atoms with E-state index in [-0.39, 0.29) is 0 Å². The normalized spacial score (nSPS) is 11.5. The summed E-state index contributed by atoms with van der Waals surface area (Å²) in [4.78, 5) is 0. The first-order valence-corrected chi connectivity index (χ1v) is 4.43. The van der Waals surface area contributed by atoms with Gasteiger partial charge in [0.25, 0.3) is 0 Å². The first kappa shape index (κ1) is 8.06. The van der Waals surface area contributed by atoms with Crippen molar-refractivity contribution in [2.24, 2.45) is 0 Å². The Kier molecular flexibility index (Phi) is 5.24. The monoisotopic (exact) mass is 135 g/mol. The van der Waals surface area contributed by atoms with Crippen molar-refractivity contribution in [3.05, 3.63) is 0 Å². The lowest BCUT2D eigenvalue weighted by Gasteiger charge is -1.93. The molecule has 0 amide bonds. The Balaban J connectivity index is 2.82. The molecule has 49 valence electrons. The SMILES string of the molecule is CCCCO[P](C)=O. The van der Waals surface area contributed by atoms with Crippen LogP contribution in [0.25, 0.3) is 0 Å². The molecule has 0 aromatic heterocycles. The second-order valence-corrected chi connectivity index (χ2v) is 2.76. The third kappa shape index (κ3) is 6.06. The van der Waals surface area contributed by atoms with E-state index in [4.69, 9.17) is 4.52 Å². The highest BCUT2D eigenvalue weighted by Gasteiger charge is 1.87. The van der Waals surface area contributed by atoms with Gasteiger partial charge in [-0.05, 0) is 6.42 Å². The first-order valence-electron chi connectivity index (χ1n) is 2.81. The lowest BCUT2D eigenvalue weighted by molar-refractivity contribution is 0.324. The molecule has 2 nitrogen and oxygen atoms in total. The first-order chi connectivity index (χ1) is 3.77. The Bertz CT molecular complexity index is 72.8. The fourth-order valence-corrected chi connectivity index (χ4v) is 0.724. The summed E-state index contributed by atoms with van der Waals surface area (Å²) in [7, 11) is -1.36. The van der Waals surface area contributed by atoms with E-state index in [9.17, 15) is 4.57 Å². The summed E-state index contributed by atoms with van der Waals surface area (Å²) in [5.74, 6) is 0. The van der Waals surface area contributed by atoms with E-state index in [0.717, 1.165) is 12.8 Å². The van der Waals surface area contributed by atoms with Crippen molar-refractivity contribution in [1.29, 1.82) is 0 Å². The summed E-state index contributed by atoms with van der Waals surface area (Å²) >= 11 is 0. The number of rotatable bonds is 4. The smallest absolute Gasteiger partial charge is 0.209 e. The third-order valence-electron chi connectivity index (χ3n) is 0.771. The fourth-order valence-electron chi connectivity index (χ4n) is 0.337. The van der Waals surface area contributed by atoms with E-state index in [1.165, 1.54) is 0 Å². The lowest BCUT2D eigenvalue weighted by atomic mass is 10.4. The lowest BCUT2D eigenvalue weighted by Crippen LogP contribution is -1.82. The van der Waals surface area contributed by atoms with Gasteiger partial charge in [-0.2, -0.15) is 0 Å². The highest BCUT2D eigenvalue weighted by Crippen LogP contribution is 2.14. The predicted molar refractivity (Wildman–Crippen MR) is 34.4 cm³/mol. The third-order valence-corrected chi connectivity index (χ3v) is 1.32. The van der Waals surface area contributed by atoms with Gasteiger partial charge < -0.3 is 4.52 Å². The molecule has 0 aliphatic carbocycles. The second kappa shape index (κ2) is 5.20. The van der Waals surface area contributed by atoms with Crippen molar-refractivity contribution in [2.45, 2.75) is 19.8 Å². The van der Waals surface area contributed by atoms with Crippen LogP contribution < -0.4 is 0 Å². The van der Waals surface area contributed by atoms with Crippen LogP contribution in [0.2, 0.25) is 0 Å². The van der Waals surface area contributed by atoms with Crippen LogP contribution in [0.3, 0.4) is 0 Å². The number of hydrogen-bond acceptors (Lipinski definition) is 2. The van der Waals surface area contributed by atoms with Crippen molar-refractivity contribution < 1.29 is 9.09 Å². The quantitative estimate of drug-likeness (QED) is 0.436. The highest BCUT2D eigenvalue weighted by atomic mass is 31.1. The van der Waals surface area contributed by atoms with Gasteiger partial charge in [0.2, 0.25) is 8.03 Å². The van der Waals surface area contributed by atoms with E-state index in [1.54, 1.807) is 6.66 Å². The maximum Gasteiger partial charge on any atom is 0.209 e. The molecule has 0 spiro atoms. The van der Waals surface area contributed by atoms with Gasteiger partial charge in [-0.25, -0.2) is 0 Å². The molecule has 0 aliphatic heterocycles. The summed E-state index contributed by atoms with van der Waals surface area (Å²) in [6.45, 7) is 4.29. The van der Waals surface area contributed by atoms with E-state index >= 15 is 0 Å². The van der Waals surface area contributed by atoms with E-state index in [2.05, 4.69) is 6.92 Å². The molecular formula is C5H12O2P. The zero-order chi connectivity index (χ0) is 6.41. The molecule has 0 saturated carbocycles. The fraction of sp³-hybridized carbons (Fsp3) is 1.00. The van der Waals surface area contributed by atoms with Gasteiger partial charge in [-0.3, -0.25) is 4.57 Å². The molecule has 1 unspecified atom stereocenters. The summed E-state index contributed by atoms with van der Waals surface area (Å²) in [5.41, 5.74) is 0. The van der Waals surface area contributed by atoms with Gasteiger partial charge in [0.05, 0.1) is 6.61 Å². The largest absolute Gasteiger partial charge is 0.304 e. The molecule has 0 rings (SSSR count). The maximum atomic E-state index is 10.2. The minimum Gasteiger partial charge on any atom is -0.304 e. The molecular weight excluding hydrogens is 123 g/mol. The Morgan fingerprint density at radius 2 is 2.25 bits per heavy atom. The van der Waals surface area contributed by atoms with E-state index < -0.39 is 8.03 Å². The van der Waals surface area contributed by atoms with Crippen molar-refractivity contribution in [2.75, 3.05) is 13.3 Å². The zero-order valence-electron chi connectivity index (χ0n) is 5.39. The second-order valence-electron chi connectivity index (χ2n) is 1.63. The Hall–Kier alpha value is 0.0600. The molecule has 0 saturated heterocycles. The molecule has 0 bridgehead atoms. The molecule has 1 radical (unpaired) electrons. The van der Waals surface area contributed by atoms with Crippen molar-refractivity contribution in [1.82, 2.24) is 0 Å². The topological polar surface area (TPSA) is 26.3 Å². The molecule has 1 atom stereocenters. The molecule has 0 fully saturated rings. The Morgan fingerprint density at radius 3 is 2.62 bits per heavy atom. The molecule has 8 heavy (non-hydrogen) atoms. The summed E-state index contributed by atoms with van der Waals surface area (Å²) in [6, 6.07) is 0. The number of hydrogen-bond donors (Lipinski definition) is 0. The van der Waals surface area contributed by atoms with Crippen LogP contribution in [0.5, 0.6) is 0 Å². The summed E-state index contributed by atoms with van der Waals surface area (Å²) in [6.07, 6.45) is 2.11. The van der Waals surface area contributed by atoms with Crippen molar-refractivity contribution in [3.8, 4) is 0 Å². The minimum absolute atomic E-state index is 0.641. The standard InChI is InChI=1S/C5H12O2P/c1-3-4-5-7-8(2)6/h3-5H2,1-2H3. The minimum atomic E-state index is -1.36. The van der Waals surface area contributed by atoms with Crippen molar-refractivity contribution in [3.63, 3.8) is 0 Å². The van der Waals surface area contributed by atoms with E-state index in [1.807, 2.05) is 0 Å². The summed E-state index contributed by atoms with van der Waals surface area (Å²) < 4.78 is 15.0. The Labute approximate surface area is 51.1 Å². The molecule has 0 aromatic carbocycles. The van der Waals surface area contributed by atoms with Crippen LogP contribution in [0.4, 0.5) is 0 Å². The van der Waals surface area contributed by atoms with Crippen LogP contribution >= 0.6 is 8.03 Å². The van der Waals surface area contributed by atoms with Crippen molar-refractivity contribution >= 4 is 8.03 Å². The Morgan fingerprint density at radius 1 is 1.62 bits per heavy atom. The molecule has 0 heterocycles. The predicted octanol–water partition coefficient (Wildman–Crippen LogP) is 2.18. The van der Waals surface area contributed by atoms with Gasteiger partial charge in [0.15, 0.2) is 0 Å². The highest BCUT2D eigenvalue weighted by molar-refractivity contribution is 7.38. The van der Waals surface area contributed by atoms with E-state index in [0.29, 0.717) is 6.61 Å². The molecule has 0 N–H and O–H groups in total. The summed E-state index contributed by atoms with van der Waals surface area (Å²) in [5, 5.41) is 0. The average Bonchev–Trinajstić information content (AvgIpc) is 1.66. The van der Waals surface area contributed by atoms with Crippen LogP contribution in [-0.2, 0) is 9.09 Å². The average molecular weight is 135 g/mol. The molecule has 0 aliphatic rings. The van der Waals surface area contributed by atoms with Crippen LogP contribution in [0, 0.1) is 0 Å². The van der Waals surface area contributed by atoms with Gasteiger partial charge in [-0.15, -0.1) is 0 Å². The van der Waals surface area contributed by atoms with Crippen LogP contribution in [0.15, 0.2) is 0 Å². The molecule has 0 aromatic rings. The van der Waals surface area contributed by atoms with Crippen LogP contribution in [0.1, 0.15) is 19.8 Å². The van der Waals surface area contributed by atoms with Gasteiger partial charge in [0, 0.05) is 6.66 Å².